The fourth-order valence-corrected chi connectivity index (χ4v) is 0.942. The van der Waals surface area contributed by atoms with Crippen molar-refractivity contribution < 1.29 is 13.5 Å². The van der Waals surface area contributed by atoms with Crippen LogP contribution in [0.1, 0.15) is 6.55 Å². The van der Waals surface area contributed by atoms with E-state index in [1.807, 2.05) is 0 Å². The molecule has 0 saturated heterocycles. The van der Waals surface area contributed by atoms with Crippen molar-refractivity contribution in [3.63, 3.8) is 0 Å². The zero-order valence-electron chi connectivity index (χ0n) is 6.50. The van der Waals surface area contributed by atoms with E-state index in [0.29, 0.717) is 6.33 Å². The van der Waals surface area contributed by atoms with Gasteiger partial charge in [-0.15, -0.1) is 0 Å². The third-order valence-electron chi connectivity index (χ3n) is 1.33. The lowest BCUT2D eigenvalue weighted by atomic mass is 10.6. The molecular weight excluding hydrogens is 206 g/mol. The van der Waals surface area contributed by atoms with Crippen LogP contribution >= 0.6 is 11.6 Å². The molecule has 0 spiro atoms. The summed E-state index contributed by atoms with van der Waals surface area (Å²) in [6, 6.07) is 0. The molecule has 0 fully saturated rings. The van der Waals surface area contributed by atoms with Crippen molar-refractivity contribution in [2.75, 3.05) is 7.11 Å². The van der Waals surface area contributed by atoms with Gasteiger partial charge in [0.25, 0.3) is 0 Å². The number of hydrogen-bond donors (Lipinski definition) is 0. The van der Waals surface area contributed by atoms with Crippen LogP contribution in [0.3, 0.4) is 0 Å². The predicted octanol–water partition coefficient (Wildman–Crippen LogP) is 1.30. The van der Waals surface area contributed by atoms with Gasteiger partial charge in [0, 0.05) is 0 Å². The molecule has 0 aliphatic rings. The van der Waals surface area contributed by atoms with Crippen molar-refractivity contribution in [2.24, 2.45) is 0 Å². The maximum Gasteiger partial charge on any atom is 0.322 e. The van der Waals surface area contributed by atoms with Crippen LogP contribution in [0.5, 0.6) is 5.75 Å². The first kappa shape index (κ1) is 9.91. The van der Waals surface area contributed by atoms with E-state index in [9.17, 15) is 13.6 Å². The molecule has 0 amide bonds. The Morgan fingerprint density at radius 3 is 2.77 bits per heavy atom. The van der Waals surface area contributed by atoms with Crippen LogP contribution < -0.4 is 10.3 Å². The van der Waals surface area contributed by atoms with Crippen molar-refractivity contribution in [1.29, 1.82) is 0 Å². The molecule has 0 N–H and O–H groups in total. The third-order valence-corrected chi connectivity index (χ3v) is 1.60. The van der Waals surface area contributed by atoms with Gasteiger partial charge in [-0.25, -0.2) is 9.55 Å². The molecule has 1 rings (SSSR count). The molecule has 4 nitrogen and oxygen atoms in total. The molecule has 0 aromatic carbocycles. The first-order valence-corrected chi connectivity index (χ1v) is 3.54. The number of methoxy groups -OCH3 is 1. The molecule has 72 valence electrons. The fraction of sp³-hybridized carbons (Fsp3) is 0.333. The van der Waals surface area contributed by atoms with Crippen molar-refractivity contribution in [3.8, 4) is 5.75 Å². The number of nitrogens with zero attached hydrogens (tertiary/aromatic N) is 2. The lowest BCUT2D eigenvalue weighted by Gasteiger charge is -2.05. The van der Waals surface area contributed by atoms with E-state index in [4.69, 9.17) is 11.6 Å². The Labute approximate surface area is 76.7 Å². The van der Waals surface area contributed by atoms with Gasteiger partial charge in [0.1, 0.15) is 6.33 Å². The maximum absolute atomic E-state index is 12.1. The lowest BCUT2D eigenvalue weighted by molar-refractivity contribution is 0.0641. The number of rotatable bonds is 2. The average Bonchev–Trinajstić information content (AvgIpc) is 2.04. The molecule has 1 heterocycles. The summed E-state index contributed by atoms with van der Waals surface area (Å²) in [5, 5.41) is -0.232. The van der Waals surface area contributed by atoms with Crippen molar-refractivity contribution in [3.05, 3.63) is 21.8 Å². The molecule has 0 atom stereocenters. The zero-order valence-corrected chi connectivity index (χ0v) is 7.26. The molecule has 13 heavy (non-hydrogen) atoms. The van der Waals surface area contributed by atoms with Crippen LogP contribution in [0.15, 0.2) is 11.1 Å². The Hall–Kier alpha value is -1.17. The van der Waals surface area contributed by atoms with Gasteiger partial charge in [-0.05, 0) is 0 Å². The normalized spacial score (nSPS) is 10.5. The summed E-state index contributed by atoms with van der Waals surface area (Å²) in [5.74, 6) is -0.385. The second-order valence-electron chi connectivity index (χ2n) is 2.06. The highest BCUT2D eigenvalue weighted by molar-refractivity contribution is 6.30. The van der Waals surface area contributed by atoms with Gasteiger partial charge in [0.2, 0.25) is 5.75 Å². The Morgan fingerprint density at radius 1 is 1.69 bits per heavy atom. The first-order valence-electron chi connectivity index (χ1n) is 3.16. The molecular formula is C6H5ClF2N2O2. The molecule has 0 unspecified atom stereocenters. The monoisotopic (exact) mass is 210 g/mol. The predicted molar refractivity (Wildman–Crippen MR) is 41.3 cm³/mol. The number of hydrogen-bond acceptors (Lipinski definition) is 3. The Bertz CT molecular complexity index is 366. The standard InChI is InChI=1S/C6H5ClF2N2O2/c1-13-3-4(7)10-2-11(5(3)12)6(8)9/h2,6H,1H3. The van der Waals surface area contributed by atoms with Crippen molar-refractivity contribution >= 4 is 11.6 Å². The third kappa shape index (κ3) is 1.77. The number of ether oxygens (including phenoxy) is 1. The summed E-state index contributed by atoms with van der Waals surface area (Å²) in [5.41, 5.74) is -1.00. The molecule has 0 radical (unpaired) electrons. The second-order valence-corrected chi connectivity index (χ2v) is 2.42. The highest BCUT2D eigenvalue weighted by atomic mass is 35.5. The summed E-state index contributed by atoms with van der Waals surface area (Å²) < 4.78 is 28.8. The topological polar surface area (TPSA) is 44.1 Å². The molecule has 0 saturated carbocycles. The van der Waals surface area contributed by atoms with Gasteiger partial charge >= 0.3 is 12.1 Å². The van der Waals surface area contributed by atoms with Crippen LogP contribution in [0.25, 0.3) is 0 Å². The van der Waals surface area contributed by atoms with E-state index in [-0.39, 0.29) is 15.5 Å². The molecule has 1 aromatic rings. The smallest absolute Gasteiger partial charge is 0.322 e. The Balaban J connectivity index is 3.37. The number of aromatic nitrogens is 2. The van der Waals surface area contributed by atoms with Crippen LogP contribution in [0.4, 0.5) is 8.78 Å². The van der Waals surface area contributed by atoms with E-state index < -0.39 is 12.1 Å². The van der Waals surface area contributed by atoms with Crippen molar-refractivity contribution in [1.82, 2.24) is 9.55 Å². The van der Waals surface area contributed by atoms with Crippen LogP contribution in [-0.4, -0.2) is 16.7 Å². The Kier molecular flexibility index (Phi) is 2.82. The van der Waals surface area contributed by atoms with Crippen molar-refractivity contribution in [2.45, 2.75) is 6.55 Å². The van der Waals surface area contributed by atoms with Gasteiger partial charge in [0.05, 0.1) is 7.11 Å². The van der Waals surface area contributed by atoms with Gasteiger partial charge in [-0.3, -0.25) is 4.79 Å². The van der Waals surface area contributed by atoms with Crippen LogP contribution in [0, 0.1) is 0 Å². The molecule has 7 heteroatoms. The van der Waals surface area contributed by atoms with Gasteiger partial charge in [-0.2, -0.15) is 8.78 Å². The largest absolute Gasteiger partial charge is 0.489 e. The average molecular weight is 211 g/mol. The quantitative estimate of drug-likeness (QED) is 0.691. The first-order chi connectivity index (χ1) is 6.07. The summed E-state index contributed by atoms with van der Waals surface area (Å²) in [6.07, 6.45) is 0.665. The minimum Gasteiger partial charge on any atom is -0.489 e. The van der Waals surface area contributed by atoms with E-state index in [1.165, 1.54) is 0 Å². The summed E-state index contributed by atoms with van der Waals surface area (Å²) in [4.78, 5) is 14.5. The van der Waals surface area contributed by atoms with E-state index in [1.54, 1.807) is 0 Å². The van der Waals surface area contributed by atoms with Crippen LogP contribution in [-0.2, 0) is 0 Å². The van der Waals surface area contributed by atoms with Gasteiger partial charge in [0.15, 0.2) is 5.15 Å². The lowest BCUT2D eigenvalue weighted by Crippen LogP contribution is -2.22. The fourth-order valence-electron chi connectivity index (χ4n) is 0.740. The summed E-state index contributed by atoms with van der Waals surface area (Å²) in [6.45, 7) is -2.95. The van der Waals surface area contributed by atoms with E-state index >= 15 is 0 Å². The highest BCUT2D eigenvalue weighted by Gasteiger charge is 2.15. The Morgan fingerprint density at radius 2 is 2.31 bits per heavy atom. The molecule has 0 aliphatic heterocycles. The maximum atomic E-state index is 12.1. The second kappa shape index (κ2) is 3.69. The molecule has 0 aliphatic carbocycles. The highest BCUT2D eigenvalue weighted by Crippen LogP contribution is 2.16. The van der Waals surface area contributed by atoms with Crippen LogP contribution in [0.2, 0.25) is 5.15 Å². The van der Waals surface area contributed by atoms with Gasteiger partial charge < -0.3 is 4.74 Å². The number of halogens is 3. The van der Waals surface area contributed by atoms with E-state index in [0.717, 1.165) is 7.11 Å². The summed E-state index contributed by atoms with van der Waals surface area (Å²) in [7, 11) is 1.15. The molecule has 1 aromatic heterocycles. The van der Waals surface area contributed by atoms with Gasteiger partial charge in [-0.1, -0.05) is 11.6 Å². The summed E-state index contributed by atoms with van der Waals surface area (Å²) >= 11 is 5.41. The molecule has 0 bridgehead atoms. The zero-order chi connectivity index (χ0) is 10.0. The van der Waals surface area contributed by atoms with E-state index in [2.05, 4.69) is 9.72 Å². The minimum atomic E-state index is -2.95. The minimum absolute atomic E-state index is 0.130. The number of alkyl halides is 2. The SMILES string of the molecule is COc1c(Cl)ncn(C(F)F)c1=O.